The van der Waals surface area contributed by atoms with Gasteiger partial charge in [-0.1, -0.05) is 18.5 Å². The minimum absolute atomic E-state index is 0.0487. The van der Waals surface area contributed by atoms with Crippen LogP contribution in [0.25, 0.3) is 0 Å². The maximum absolute atomic E-state index is 12.1. The summed E-state index contributed by atoms with van der Waals surface area (Å²) in [6.45, 7) is 1.62. The molecule has 2 aromatic rings. The lowest BCUT2D eigenvalue weighted by atomic mass is 10.2. The molecule has 22 heavy (non-hydrogen) atoms. The van der Waals surface area contributed by atoms with Crippen molar-refractivity contribution < 1.29 is 8.42 Å². The van der Waals surface area contributed by atoms with E-state index in [-0.39, 0.29) is 10.6 Å². The Labute approximate surface area is 135 Å². The van der Waals surface area contributed by atoms with Crippen LogP contribution in [0.4, 0.5) is 17.2 Å². The molecule has 6 nitrogen and oxygen atoms in total. The third-order valence-electron chi connectivity index (χ3n) is 3.09. The van der Waals surface area contributed by atoms with Crippen LogP contribution in [0.3, 0.4) is 0 Å². The van der Waals surface area contributed by atoms with Crippen molar-refractivity contribution >= 4 is 38.6 Å². The van der Waals surface area contributed by atoms with Gasteiger partial charge in [0.2, 0.25) is 0 Å². The number of nitrogens with one attached hydrogen (secondary N) is 1. The topological polar surface area (TPSA) is 75.2 Å². The molecule has 0 spiro atoms. The van der Waals surface area contributed by atoms with E-state index in [0.29, 0.717) is 16.7 Å². The quantitative estimate of drug-likeness (QED) is 0.843. The van der Waals surface area contributed by atoms with Gasteiger partial charge in [0, 0.05) is 20.2 Å². The Hall–Kier alpha value is -1.86. The largest absolute Gasteiger partial charge is 0.376 e. The third kappa shape index (κ3) is 3.66. The number of nitrogens with zero attached hydrogens (tertiary/aromatic N) is 3. The fraction of sp³-hybridized carbons (Fsp3) is 0.286. The van der Waals surface area contributed by atoms with Gasteiger partial charge in [-0.3, -0.25) is 0 Å². The highest BCUT2D eigenvalue weighted by Crippen LogP contribution is 2.30. The van der Waals surface area contributed by atoms with Crippen molar-refractivity contribution in [2.45, 2.75) is 11.8 Å². The number of anilines is 3. The molecular weight excluding hydrogens is 324 g/mol. The van der Waals surface area contributed by atoms with Crippen molar-refractivity contribution in [3.63, 3.8) is 0 Å². The molecule has 118 valence electrons. The Morgan fingerprint density at radius 2 is 1.95 bits per heavy atom. The molecule has 0 fully saturated rings. The van der Waals surface area contributed by atoms with Crippen molar-refractivity contribution in [2.24, 2.45) is 0 Å². The van der Waals surface area contributed by atoms with Crippen LogP contribution < -0.4 is 10.2 Å². The maximum Gasteiger partial charge on any atom is 0.178 e. The minimum Gasteiger partial charge on any atom is -0.376 e. The van der Waals surface area contributed by atoms with E-state index in [2.05, 4.69) is 15.3 Å². The van der Waals surface area contributed by atoms with Crippen molar-refractivity contribution in [3.8, 4) is 0 Å². The summed E-state index contributed by atoms with van der Waals surface area (Å²) in [6.07, 6.45) is 1.34. The molecule has 0 bridgehead atoms. The number of aromatic nitrogens is 2. The van der Waals surface area contributed by atoms with Crippen molar-refractivity contribution in [1.82, 2.24) is 9.97 Å². The molecule has 0 saturated carbocycles. The van der Waals surface area contributed by atoms with Gasteiger partial charge < -0.3 is 10.2 Å². The summed E-state index contributed by atoms with van der Waals surface area (Å²) in [4.78, 5) is 10.0. The van der Waals surface area contributed by atoms with Crippen LogP contribution in [-0.4, -0.2) is 38.2 Å². The first-order valence-electron chi connectivity index (χ1n) is 6.62. The molecule has 8 heteroatoms. The molecule has 0 radical (unpaired) electrons. The van der Waals surface area contributed by atoms with Gasteiger partial charge in [0.1, 0.15) is 17.3 Å². The van der Waals surface area contributed by atoms with Crippen LogP contribution in [0.1, 0.15) is 6.92 Å². The minimum atomic E-state index is -3.28. The summed E-state index contributed by atoms with van der Waals surface area (Å²) < 4.78 is 24.1. The van der Waals surface area contributed by atoms with Crippen molar-refractivity contribution in [1.29, 1.82) is 0 Å². The summed E-state index contributed by atoms with van der Waals surface area (Å²) in [5.74, 6) is 0.543. The molecule has 0 atom stereocenters. The average molecular weight is 341 g/mol. The van der Waals surface area contributed by atoms with E-state index in [1.165, 1.54) is 6.33 Å². The average Bonchev–Trinajstić information content (AvgIpc) is 2.47. The molecule has 0 aliphatic rings. The number of rotatable bonds is 5. The molecule has 0 aliphatic heterocycles. The molecule has 1 aromatic heterocycles. The number of hydrogen-bond donors (Lipinski definition) is 1. The van der Waals surface area contributed by atoms with E-state index < -0.39 is 9.84 Å². The number of sulfone groups is 1. The smallest absolute Gasteiger partial charge is 0.178 e. The van der Waals surface area contributed by atoms with E-state index in [4.69, 9.17) is 11.6 Å². The zero-order valence-electron chi connectivity index (χ0n) is 12.5. The Kier molecular flexibility index (Phi) is 4.87. The number of halogens is 1. The Bertz CT molecular complexity index is 778. The van der Waals surface area contributed by atoms with Gasteiger partial charge >= 0.3 is 0 Å². The lowest BCUT2D eigenvalue weighted by Crippen LogP contribution is -2.12. The van der Waals surface area contributed by atoms with E-state index in [9.17, 15) is 8.42 Å². The second kappa shape index (κ2) is 6.50. The van der Waals surface area contributed by atoms with E-state index in [0.717, 1.165) is 5.69 Å². The Balaban J connectivity index is 2.49. The second-order valence-corrected chi connectivity index (χ2v) is 7.49. The molecule has 0 aliphatic carbocycles. The van der Waals surface area contributed by atoms with Crippen LogP contribution in [0.2, 0.25) is 5.15 Å². The first-order chi connectivity index (χ1) is 10.3. The first-order valence-corrected chi connectivity index (χ1v) is 8.65. The van der Waals surface area contributed by atoms with Gasteiger partial charge in [0.15, 0.2) is 9.84 Å². The fourth-order valence-corrected chi connectivity index (χ4v) is 2.96. The summed E-state index contributed by atoms with van der Waals surface area (Å²) >= 11 is 5.84. The second-order valence-electron chi connectivity index (χ2n) is 4.83. The molecule has 0 amide bonds. The normalized spacial score (nSPS) is 11.3. The highest BCUT2D eigenvalue weighted by molar-refractivity contribution is 7.91. The molecule has 1 N–H and O–H groups in total. The van der Waals surface area contributed by atoms with Gasteiger partial charge in [0.05, 0.1) is 22.0 Å². The molecule has 2 rings (SSSR count). The van der Waals surface area contributed by atoms with Crippen LogP contribution in [0, 0.1) is 0 Å². The lowest BCUT2D eigenvalue weighted by Gasteiger charge is -2.19. The van der Waals surface area contributed by atoms with E-state index >= 15 is 0 Å². The van der Waals surface area contributed by atoms with Gasteiger partial charge in [-0.2, -0.15) is 0 Å². The molecule has 0 saturated heterocycles. The van der Waals surface area contributed by atoms with Gasteiger partial charge in [-0.25, -0.2) is 18.4 Å². The summed E-state index contributed by atoms with van der Waals surface area (Å²) in [5.41, 5.74) is 1.47. The van der Waals surface area contributed by atoms with Gasteiger partial charge in [-0.15, -0.1) is 0 Å². The fourth-order valence-electron chi connectivity index (χ4n) is 1.91. The highest BCUT2D eigenvalue weighted by atomic mass is 35.5. The Morgan fingerprint density at radius 1 is 1.23 bits per heavy atom. The van der Waals surface area contributed by atoms with Crippen LogP contribution in [0.5, 0.6) is 0 Å². The molecular formula is C14H17ClN4O2S. The summed E-state index contributed by atoms with van der Waals surface area (Å²) in [5, 5.41) is 3.40. The predicted octanol–water partition coefficient (Wildman–Crippen LogP) is 2.73. The molecule has 1 aromatic carbocycles. The van der Waals surface area contributed by atoms with E-state index in [1.807, 2.05) is 19.0 Å². The number of benzene rings is 1. The van der Waals surface area contributed by atoms with E-state index in [1.54, 1.807) is 31.2 Å². The SMILES string of the molecule is CCS(=O)(=O)c1ccc(N(C)C)c(Nc2cc(Cl)ncn2)c1. The monoisotopic (exact) mass is 340 g/mol. The lowest BCUT2D eigenvalue weighted by molar-refractivity contribution is 0.597. The zero-order valence-corrected chi connectivity index (χ0v) is 14.1. The number of hydrogen-bond acceptors (Lipinski definition) is 6. The summed E-state index contributed by atoms with van der Waals surface area (Å²) in [7, 11) is 0.472. The maximum atomic E-state index is 12.1. The van der Waals surface area contributed by atoms with Gasteiger partial charge in [0.25, 0.3) is 0 Å². The van der Waals surface area contributed by atoms with Crippen LogP contribution in [-0.2, 0) is 9.84 Å². The van der Waals surface area contributed by atoms with Crippen molar-refractivity contribution in [2.75, 3.05) is 30.1 Å². The van der Waals surface area contributed by atoms with Crippen molar-refractivity contribution in [3.05, 3.63) is 35.7 Å². The predicted molar refractivity (Wildman–Crippen MR) is 88.8 cm³/mol. The molecule has 0 unspecified atom stereocenters. The highest BCUT2D eigenvalue weighted by Gasteiger charge is 2.15. The first kappa shape index (κ1) is 16.5. The Morgan fingerprint density at radius 3 is 2.55 bits per heavy atom. The molecule has 1 heterocycles. The third-order valence-corrected chi connectivity index (χ3v) is 5.02. The zero-order chi connectivity index (χ0) is 16.3. The van der Waals surface area contributed by atoms with Crippen LogP contribution >= 0.6 is 11.6 Å². The van der Waals surface area contributed by atoms with Crippen LogP contribution in [0.15, 0.2) is 35.5 Å². The standard InChI is InChI=1S/C14H17ClN4O2S/c1-4-22(20,21)10-5-6-12(19(2)3)11(7-10)18-14-8-13(15)16-9-17-14/h5-9H,4H2,1-3H3,(H,16,17,18). The van der Waals surface area contributed by atoms with Gasteiger partial charge in [-0.05, 0) is 18.2 Å². The summed E-state index contributed by atoms with van der Waals surface area (Å²) in [6, 6.07) is 6.53.